The molecule has 2 unspecified atom stereocenters. The number of carbonyl (C=O) groups excluding carboxylic acids is 2. The van der Waals surface area contributed by atoms with E-state index in [2.05, 4.69) is 86.8 Å². The van der Waals surface area contributed by atoms with Gasteiger partial charge in [0.2, 0.25) is 0 Å². The SMILES string of the molecule is CC/C=C\C/C=C\C/C=C\C/C=C\C/C=C\C/C=C\CCCCCCCCC(=O)OC(COC(=O)CCCCCCCCCC)COC(OCC[N+](C)(C)C)C(=O)O. The first-order valence-corrected chi connectivity index (χ1v) is 22.6. The van der Waals surface area contributed by atoms with Crippen molar-refractivity contribution in [3.8, 4) is 0 Å². The summed E-state index contributed by atoms with van der Waals surface area (Å²) in [5.74, 6) is -2.04. The molecule has 0 aromatic rings. The lowest BCUT2D eigenvalue weighted by atomic mass is 10.1. The van der Waals surface area contributed by atoms with Crippen LogP contribution in [-0.4, -0.2) is 87.4 Å². The maximum absolute atomic E-state index is 12.7. The zero-order chi connectivity index (χ0) is 42.8. The molecule has 0 saturated heterocycles. The summed E-state index contributed by atoms with van der Waals surface area (Å²) in [6, 6.07) is 0. The second kappa shape index (κ2) is 40.5. The highest BCUT2D eigenvalue weighted by molar-refractivity contribution is 5.71. The molecule has 0 fully saturated rings. The van der Waals surface area contributed by atoms with Crippen LogP contribution in [0.5, 0.6) is 0 Å². The van der Waals surface area contributed by atoms with Crippen LogP contribution in [0.1, 0.15) is 162 Å². The molecule has 0 aliphatic rings. The second-order valence-corrected chi connectivity index (χ2v) is 16.0. The summed E-state index contributed by atoms with van der Waals surface area (Å²) >= 11 is 0. The largest absolute Gasteiger partial charge is 0.477 e. The van der Waals surface area contributed by atoms with E-state index in [1.807, 2.05) is 21.1 Å². The van der Waals surface area contributed by atoms with E-state index in [0.717, 1.165) is 96.3 Å². The average Bonchev–Trinajstić information content (AvgIpc) is 3.18. The zero-order valence-electron chi connectivity index (χ0n) is 37.4. The number of hydrogen-bond donors (Lipinski definition) is 1. The third kappa shape index (κ3) is 40.9. The first-order chi connectivity index (χ1) is 28.1. The van der Waals surface area contributed by atoms with Gasteiger partial charge in [-0.3, -0.25) is 9.59 Å². The Hall–Kier alpha value is -3.27. The van der Waals surface area contributed by atoms with Gasteiger partial charge in [-0.1, -0.05) is 157 Å². The van der Waals surface area contributed by atoms with Gasteiger partial charge < -0.3 is 28.5 Å². The van der Waals surface area contributed by atoms with Crippen LogP contribution in [-0.2, 0) is 33.3 Å². The van der Waals surface area contributed by atoms with Gasteiger partial charge in [-0.05, 0) is 64.2 Å². The number of rotatable bonds is 40. The Morgan fingerprint density at radius 2 is 0.983 bits per heavy atom. The van der Waals surface area contributed by atoms with E-state index in [0.29, 0.717) is 23.9 Å². The van der Waals surface area contributed by atoms with E-state index in [9.17, 15) is 19.5 Å². The van der Waals surface area contributed by atoms with Crippen molar-refractivity contribution in [2.75, 3.05) is 47.5 Å². The number of unbranched alkanes of at least 4 members (excludes halogenated alkanes) is 13. The summed E-state index contributed by atoms with van der Waals surface area (Å²) in [7, 11) is 5.94. The van der Waals surface area contributed by atoms with Crippen LogP contribution in [0, 0.1) is 0 Å². The fourth-order valence-electron chi connectivity index (χ4n) is 5.72. The first kappa shape index (κ1) is 54.7. The molecule has 0 bridgehead atoms. The van der Waals surface area contributed by atoms with Crippen LogP contribution in [0.25, 0.3) is 0 Å². The standard InChI is InChI=1S/C49H83NO8/c1-6-8-10-12-14-16-17-18-19-20-21-22-23-24-25-26-27-28-29-30-31-32-34-36-38-40-47(52)58-45(44-57-49(48(53)54)55-42-41-50(3,4)5)43-56-46(51)39-37-35-33-15-13-11-9-7-2/h8,10,14,16,18-19,21-22,24-25,27-28,45,49H,6-7,9,11-13,15,17,20,23,26,29-44H2,1-5H3/p+1/b10-8-,16-14-,19-18-,22-21-,25-24-,28-27-. The lowest BCUT2D eigenvalue weighted by Gasteiger charge is -2.25. The lowest BCUT2D eigenvalue weighted by molar-refractivity contribution is -0.870. The number of carboxylic acids is 1. The summed E-state index contributed by atoms with van der Waals surface area (Å²) in [6.45, 7) is 4.68. The Morgan fingerprint density at radius 1 is 0.534 bits per heavy atom. The van der Waals surface area contributed by atoms with Crippen molar-refractivity contribution in [3.63, 3.8) is 0 Å². The molecular weight excluding hydrogens is 731 g/mol. The fourth-order valence-corrected chi connectivity index (χ4v) is 5.72. The molecular formula is C49H84NO8+. The third-order valence-corrected chi connectivity index (χ3v) is 9.23. The Bertz CT molecular complexity index is 1180. The molecule has 0 spiro atoms. The van der Waals surface area contributed by atoms with Gasteiger partial charge in [0, 0.05) is 12.8 Å². The number of hydrogen-bond acceptors (Lipinski definition) is 7. The first-order valence-electron chi connectivity index (χ1n) is 22.6. The summed E-state index contributed by atoms with van der Waals surface area (Å²) < 4.78 is 22.6. The van der Waals surface area contributed by atoms with Crippen molar-refractivity contribution >= 4 is 17.9 Å². The van der Waals surface area contributed by atoms with Crippen molar-refractivity contribution in [1.82, 2.24) is 0 Å². The molecule has 332 valence electrons. The van der Waals surface area contributed by atoms with E-state index >= 15 is 0 Å². The van der Waals surface area contributed by atoms with Crippen molar-refractivity contribution < 1.29 is 42.9 Å². The molecule has 0 aliphatic carbocycles. The van der Waals surface area contributed by atoms with Crippen molar-refractivity contribution in [1.29, 1.82) is 0 Å². The average molecular weight is 815 g/mol. The maximum Gasteiger partial charge on any atom is 0.361 e. The number of carbonyl (C=O) groups is 3. The maximum atomic E-state index is 12.7. The molecule has 9 nitrogen and oxygen atoms in total. The Labute approximate surface area is 354 Å². The summed E-state index contributed by atoms with van der Waals surface area (Å²) in [6.07, 6.45) is 46.9. The third-order valence-electron chi connectivity index (χ3n) is 9.23. The van der Waals surface area contributed by atoms with Gasteiger partial charge in [0.25, 0.3) is 6.29 Å². The molecule has 0 aromatic heterocycles. The molecule has 9 heteroatoms. The number of likely N-dealkylation sites (N-methyl/N-ethyl adjacent to an activating group) is 1. The van der Waals surface area contributed by atoms with Gasteiger partial charge in [-0.15, -0.1) is 0 Å². The molecule has 0 heterocycles. The number of aliphatic carboxylic acids is 1. The van der Waals surface area contributed by atoms with Gasteiger partial charge in [-0.2, -0.15) is 0 Å². The number of esters is 2. The molecule has 1 N–H and O–H groups in total. The van der Waals surface area contributed by atoms with Gasteiger partial charge in [0.1, 0.15) is 13.2 Å². The highest BCUT2D eigenvalue weighted by atomic mass is 16.7. The highest BCUT2D eigenvalue weighted by Gasteiger charge is 2.25. The number of quaternary nitrogens is 1. The summed E-state index contributed by atoms with van der Waals surface area (Å²) in [4.78, 5) is 37.0. The molecule has 0 aromatic carbocycles. The Balaban J connectivity index is 4.35. The Morgan fingerprint density at radius 3 is 1.47 bits per heavy atom. The van der Waals surface area contributed by atoms with E-state index in [1.165, 1.54) is 32.1 Å². The van der Waals surface area contributed by atoms with Crippen LogP contribution in [0.4, 0.5) is 0 Å². The molecule has 0 aliphatic heterocycles. The van der Waals surface area contributed by atoms with Crippen molar-refractivity contribution in [3.05, 3.63) is 72.9 Å². The molecule has 0 saturated carbocycles. The normalized spacial score (nSPS) is 13.6. The van der Waals surface area contributed by atoms with Crippen molar-refractivity contribution in [2.24, 2.45) is 0 Å². The van der Waals surface area contributed by atoms with Gasteiger partial charge in [0.05, 0.1) is 34.4 Å². The number of allylic oxidation sites excluding steroid dienone is 12. The number of carboxylic acid groups (broad SMARTS) is 1. The molecule has 0 amide bonds. The predicted molar refractivity (Wildman–Crippen MR) is 239 cm³/mol. The quantitative estimate of drug-likeness (QED) is 0.0214. The molecule has 0 radical (unpaired) electrons. The van der Waals surface area contributed by atoms with Crippen LogP contribution < -0.4 is 0 Å². The molecule has 0 rings (SSSR count). The minimum absolute atomic E-state index is 0.182. The van der Waals surface area contributed by atoms with E-state index < -0.39 is 24.3 Å². The van der Waals surface area contributed by atoms with Crippen LogP contribution >= 0.6 is 0 Å². The van der Waals surface area contributed by atoms with Crippen LogP contribution in [0.3, 0.4) is 0 Å². The molecule has 2 atom stereocenters. The van der Waals surface area contributed by atoms with Gasteiger partial charge in [-0.25, -0.2) is 4.79 Å². The lowest BCUT2D eigenvalue weighted by Crippen LogP contribution is -2.40. The minimum Gasteiger partial charge on any atom is -0.477 e. The van der Waals surface area contributed by atoms with Crippen LogP contribution in [0.15, 0.2) is 72.9 Å². The summed E-state index contributed by atoms with van der Waals surface area (Å²) in [5.41, 5.74) is 0. The van der Waals surface area contributed by atoms with Crippen molar-refractivity contribution in [2.45, 2.75) is 174 Å². The van der Waals surface area contributed by atoms with Gasteiger partial charge >= 0.3 is 17.9 Å². The fraction of sp³-hybridized carbons (Fsp3) is 0.694. The second-order valence-electron chi connectivity index (χ2n) is 16.0. The zero-order valence-corrected chi connectivity index (χ0v) is 37.4. The van der Waals surface area contributed by atoms with Crippen LogP contribution in [0.2, 0.25) is 0 Å². The van der Waals surface area contributed by atoms with E-state index in [-0.39, 0.29) is 32.2 Å². The van der Waals surface area contributed by atoms with Gasteiger partial charge in [0.15, 0.2) is 6.10 Å². The van der Waals surface area contributed by atoms with E-state index in [4.69, 9.17) is 18.9 Å². The summed E-state index contributed by atoms with van der Waals surface area (Å²) in [5, 5.41) is 9.61. The highest BCUT2D eigenvalue weighted by Crippen LogP contribution is 2.13. The Kier molecular flexibility index (Phi) is 38.2. The topological polar surface area (TPSA) is 108 Å². The predicted octanol–water partition coefficient (Wildman–Crippen LogP) is 11.9. The minimum atomic E-state index is -1.51. The molecule has 58 heavy (non-hydrogen) atoms. The number of ether oxygens (including phenoxy) is 4. The number of nitrogens with zero attached hydrogens (tertiary/aromatic N) is 1. The smallest absolute Gasteiger partial charge is 0.361 e. The monoisotopic (exact) mass is 815 g/mol. The van der Waals surface area contributed by atoms with E-state index in [1.54, 1.807) is 0 Å².